The summed E-state index contributed by atoms with van der Waals surface area (Å²) in [6.07, 6.45) is 3.41. The Morgan fingerprint density at radius 1 is 1.10 bits per heavy atom. The van der Waals surface area contributed by atoms with Gasteiger partial charge in [0.1, 0.15) is 5.75 Å². The first-order valence-electron chi connectivity index (χ1n) is 7.11. The van der Waals surface area contributed by atoms with E-state index in [1.807, 2.05) is 74.5 Å². The van der Waals surface area contributed by atoms with E-state index in [9.17, 15) is 4.79 Å². The predicted octanol–water partition coefficient (Wildman–Crippen LogP) is 4.68. The number of allylic oxidation sites excluding steroid dienone is 1. The molecule has 0 N–H and O–H groups in total. The van der Waals surface area contributed by atoms with Crippen LogP contribution in [0.15, 0.2) is 54.6 Å². The summed E-state index contributed by atoms with van der Waals surface area (Å²) in [5, 5.41) is 0. The van der Waals surface area contributed by atoms with Crippen LogP contribution < -0.4 is 4.74 Å². The molecule has 0 bridgehead atoms. The lowest BCUT2D eigenvalue weighted by Gasteiger charge is -2.15. The Balaban J connectivity index is 2.16. The van der Waals surface area contributed by atoms with Gasteiger partial charge < -0.3 is 4.74 Å². The van der Waals surface area contributed by atoms with Crippen molar-refractivity contribution in [2.75, 3.05) is 0 Å². The lowest BCUT2D eigenvalue weighted by atomic mass is 10.1. The smallest absolute Gasteiger partial charge is 0.202 e. The monoisotopic (exact) mass is 280 g/mol. The van der Waals surface area contributed by atoms with Gasteiger partial charge >= 0.3 is 0 Å². The summed E-state index contributed by atoms with van der Waals surface area (Å²) in [7, 11) is 0. The first-order valence-corrected chi connectivity index (χ1v) is 7.11. The minimum absolute atomic E-state index is 0.00900. The van der Waals surface area contributed by atoms with E-state index >= 15 is 0 Å². The van der Waals surface area contributed by atoms with Crippen LogP contribution in [0.1, 0.15) is 35.3 Å². The highest BCUT2D eigenvalue weighted by atomic mass is 16.5. The van der Waals surface area contributed by atoms with Gasteiger partial charge in [0.25, 0.3) is 0 Å². The summed E-state index contributed by atoms with van der Waals surface area (Å²) in [6, 6.07) is 15.3. The lowest BCUT2D eigenvalue weighted by molar-refractivity contribution is 0.0818. The number of ketones is 1. The summed E-state index contributed by atoms with van der Waals surface area (Å²) in [5.74, 6) is 0.717. The molecule has 0 saturated heterocycles. The van der Waals surface area contributed by atoms with Gasteiger partial charge in [0, 0.05) is 11.1 Å². The van der Waals surface area contributed by atoms with Crippen molar-refractivity contribution in [3.05, 3.63) is 71.3 Å². The molecule has 21 heavy (non-hydrogen) atoms. The molecule has 0 amide bonds. The van der Waals surface area contributed by atoms with E-state index in [1.54, 1.807) is 6.92 Å². The first-order chi connectivity index (χ1) is 10.1. The van der Waals surface area contributed by atoms with Gasteiger partial charge in [-0.15, -0.1) is 0 Å². The van der Waals surface area contributed by atoms with Crippen molar-refractivity contribution < 1.29 is 9.53 Å². The summed E-state index contributed by atoms with van der Waals surface area (Å²) < 4.78 is 5.84. The third kappa shape index (κ3) is 3.82. The largest absolute Gasteiger partial charge is 0.482 e. The third-order valence-corrected chi connectivity index (χ3v) is 3.27. The number of hydrogen-bond acceptors (Lipinski definition) is 2. The molecular formula is C19H20O2. The molecule has 2 aromatic rings. The van der Waals surface area contributed by atoms with E-state index < -0.39 is 6.10 Å². The SMILES string of the molecule is CC=Cc1ccccc1OC(C)C(=O)c1ccc(C)cc1. The Kier molecular flexibility index (Phi) is 4.94. The molecule has 108 valence electrons. The maximum atomic E-state index is 12.4. The van der Waals surface area contributed by atoms with Gasteiger partial charge in [-0.25, -0.2) is 0 Å². The van der Waals surface area contributed by atoms with Gasteiger partial charge in [0.05, 0.1) is 0 Å². The normalized spacial score (nSPS) is 12.3. The molecule has 0 aliphatic carbocycles. The second-order valence-corrected chi connectivity index (χ2v) is 5.03. The molecule has 2 heteroatoms. The number of aryl methyl sites for hydroxylation is 1. The van der Waals surface area contributed by atoms with E-state index in [2.05, 4.69) is 0 Å². The van der Waals surface area contributed by atoms with Crippen molar-refractivity contribution >= 4 is 11.9 Å². The van der Waals surface area contributed by atoms with Crippen LogP contribution in [0.5, 0.6) is 5.75 Å². The Bertz CT molecular complexity index is 639. The van der Waals surface area contributed by atoms with Crippen LogP contribution >= 0.6 is 0 Å². The number of carbonyl (C=O) groups excluding carboxylic acids is 1. The van der Waals surface area contributed by atoms with E-state index in [0.29, 0.717) is 5.56 Å². The van der Waals surface area contributed by atoms with Crippen molar-refractivity contribution in [1.82, 2.24) is 0 Å². The Morgan fingerprint density at radius 3 is 2.43 bits per heavy atom. The van der Waals surface area contributed by atoms with Gasteiger partial charge in [-0.3, -0.25) is 4.79 Å². The second kappa shape index (κ2) is 6.89. The molecule has 1 unspecified atom stereocenters. The Labute approximate surface area is 126 Å². The third-order valence-electron chi connectivity index (χ3n) is 3.27. The minimum atomic E-state index is -0.515. The van der Waals surface area contributed by atoms with Crippen LogP contribution in [0.4, 0.5) is 0 Å². The molecule has 0 aromatic heterocycles. The van der Waals surface area contributed by atoms with Crippen molar-refractivity contribution in [3.63, 3.8) is 0 Å². The number of ether oxygens (including phenoxy) is 1. The number of hydrogen-bond donors (Lipinski definition) is 0. The molecule has 0 radical (unpaired) electrons. The second-order valence-electron chi connectivity index (χ2n) is 5.03. The Hall–Kier alpha value is -2.35. The van der Waals surface area contributed by atoms with Gasteiger partial charge in [0.15, 0.2) is 6.10 Å². The Morgan fingerprint density at radius 2 is 1.76 bits per heavy atom. The number of Topliss-reactive ketones (excluding diaryl/α,β-unsaturated/α-hetero) is 1. The fourth-order valence-corrected chi connectivity index (χ4v) is 2.10. The average Bonchev–Trinajstić information content (AvgIpc) is 2.49. The topological polar surface area (TPSA) is 26.3 Å². The zero-order chi connectivity index (χ0) is 15.2. The summed E-state index contributed by atoms with van der Waals surface area (Å²) in [5.41, 5.74) is 2.79. The summed E-state index contributed by atoms with van der Waals surface area (Å²) in [4.78, 5) is 12.4. The van der Waals surface area contributed by atoms with Crippen LogP contribution in [0.3, 0.4) is 0 Å². The summed E-state index contributed by atoms with van der Waals surface area (Å²) in [6.45, 7) is 5.74. The molecule has 2 rings (SSSR count). The number of para-hydroxylation sites is 1. The number of rotatable bonds is 5. The van der Waals surface area contributed by atoms with Crippen molar-refractivity contribution in [3.8, 4) is 5.75 Å². The van der Waals surface area contributed by atoms with Crippen LogP contribution in [0.25, 0.3) is 6.08 Å². The van der Waals surface area contributed by atoms with Crippen LogP contribution in [0.2, 0.25) is 0 Å². The standard InChI is InChI=1S/C19H20O2/c1-4-7-16-8-5-6-9-18(16)21-15(3)19(20)17-12-10-14(2)11-13-17/h4-13,15H,1-3H3. The van der Waals surface area contributed by atoms with Gasteiger partial charge in [-0.2, -0.15) is 0 Å². The maximum Gasteiger partial charge on any atom is 0.202 e. The molecule has 0 aliphatic heterocycles. The molecule has 2 aromatic carbocycles. The first kappa shape index (κ1) is 15.0. The average molecular weight is 280 g/mol. The molecule has 1 atom stereocenters. The predicted molar refractivity (Wildman–Crippen MR) is 86.7 cm³/mol. The van der Waals surface area contributed by atoms with Gasteiger partial charge in [0.2, 0.25) is 5.78 Å². The molecule has 0 spiro atoms. The quantitative estimate of drug-likeness (QED) is 0.743. The fourth-order valence-electron chi connectivity index (χ4n) is 2.10. The molecule has 0 fully saturated rings. The van der Waals surface area contributed by atoms with Crippen LogP contribution in [-0.2, 0) is 0 Å². The van der Waals surface area contributed by atoms with Gasteiger partial charge in [-0.05, 0) is 26.8 Å². The van der Waals surface area contributed by atoms with Gasteiger partial charge in [-0.1, -0.05) is 60.2 Å². The highest BCUT2D eigenvalue weighted by Gasteiger charge is 2.17. The minimum Gasteiger partial charge on any atom is -0.482 e. The molecule has 0 saturated carbocycles. The van der Waals surface area contributed by atoms with E-state index in [-0.39, 0.29) is 5.78 Å². The van der Waals surface area contributed by atoms with Crippen molar-refractivity contribution in [2.45, 2.75) is 26.9 Å². The van der Waals surface area contributed by atoms with Crippen LogP contribution in [0, 0.1) is 6.92 Å². The maximum absolute atomic E-state index is 12.4. The number of carbonyl (C=O) groups is 1. The highest BCUT2D eigenvalue weighted by molar-refractivity contribution is 5.99. The molecule has 0 aliphatic rings. The van der Waals surface area contributed by atoms with Crippen molar-refractivity contribution in [2.24, 2.45) is 0 Å². The summed E-state index contributed by atoms with van der Waals surface area (Å²) >= 11 is 0. The van der Waals surface area contributed by atoms with E-state index in [0.717, 1.165) is 16.9 Å². The zero-order valence-electron chi connectivity index (χ0n) is 12.7. The lowest BCUT2D eigenvalue weighted by Crippen LogP contribution is -2.24. The highest BCUT2D eigenvalue weighted by Crippen LogP contribution is 2.21. The van der Waals surface area contributed by atoms with Crippen LogP contribution in [-0.4, -0.2) is 11.9 Å². The van der Waals surface area contributed by atoms with Crippen molar-refractivity contribution in [1.29, 1.82) is 0 Å². The van der Waals surface area contributed by atoms with E-state index in [4.69, 9.17) is 4.74 Å². The fraction of sp³-hybridized carbons (Fsp3) is 0.211. The molecule has 2 nitrogen and oxygen atoms in total. The zero-order valence-corrected chi connectivity index (χ0v) is 12.7. The molecule has 0 heterocycles. The van der Waals surface area contributed by atoms with E-state index in [1.165, 1.54) is 0 Å². The number of benzene rings is 2. The molecular weight excluding hydrogens is 260 g/mol.